The van der Waals surface area contributed by atoms with Crippen molar-refractivity contribution >= 4 is 5.82 Å². The van der Waals surface area contributed by atoms with Crippen LogP contribution in [0.15, 0.2) is 17.2 Å². The van der Waals surface area contributed by atoms with Crippen LogP contribution in [0.3, 0.4) is 0 Å². The number of aromatic nitrogens is 2. The fourth-order valence-corrected chi connectivity index (χ4v) is 1.75. The van der Waals surface area contributed by atoms with Gasteiger partial charge in [-0.15, -0.1) is 0 Å². The summed E-state index contributed by atoms with van der Waals surface area (Å²) in [4.78, 5) is 17.8. The monoisotopic (exact) mass is 255 g/mol. The van der Waals surface area contributed by atoms with Crippen LogP contribution >= 0.6 is 0 Å². The van der Waals surface area contributed by atoms with Crippen LogP contribution in [-0.2, 0) is 6.54 Å². The highest BCUT2D eigenvalue weighted by Gasteiger charge is 2.13. The highest BCUT2D eigenvalue weighted by atomic mass is 16.3. The van der Waals surface area contributed by atoms with Gasteiger partial charge in [-0.05, 0) is 5.92 Å². The zero-order valence-electron chi connectivity index (χ0n) is 10.9. The van der Waals surface area contributed by atoms with Gasteiger partial charge in [-0.2, -0.15) is 0 Å². The van der Waals surface area contributed by atoms with Crippen LogP contribution in [0.5, 0.6) is 0 Å². The highest BCUT2D eigenvalue weighted by Crippen LogP contribution is 2.04. The molecule has 1 heterocycles. The number of aliphatic hydroxyl groups is 2. The molecule has 0 unspecified atom stereocenters. The molecule has 102 valence electrons. The number of anilines is 1. The van der Waals surface area contributed by atoms with Crippen molar-refractivity contribution in [2.75, 3.05) is 31.2 Å². The maximum atomic E-state index is 12.2. The fraction of sp³-hybridized carbons (Fsp3) is 0.667. The summed E-state index contributed by atoms with van der Waals surface area (Å²) in [6, 6.07) is 0. The molecule has 18 heavy (non-hydrogen) atoms. The van der Waals surface area contributed by atoms with E-state index in [2.05, 4.69) is 4.98 Å². The summed E-state index contributed by atoms with van der Waals surface area (Å²) in [7, 11) is 0. The molecular formula is C12H21N3O3. The number of hydrogen-bond acceptors (Lipinski definition) is 5. The lowest BCUT2D eigenvalue weighted by molar-refractivity contribution is 0.280. The minimum Gasteiger partial charge on any atom is -0.395 e. The Hall–Kier alpha value is -1.40. The van der Waals surface area contributed by atoms with Gasteiger partial charge in [0.15, 0.2) is 5.82 Å². The number of hydrogen-bond donors (Lipinski definition) is 2. The molecular weight excluding hydrogens is 234 g/mol. The van der Waals surface area contributed by atoms with E-state index in [4.69, 9.17) is 10.2 Å². The SMILES string of the molecule is CC(C)Cn1ccnc(N(CCO)CCO)c1=O. The maximum absolute atomic E-state index is 12.2. The second kappa shape index (κ2) is 7.13. The molecule has 1 rings (SSSR count). The van der Waals surface area contributed by atoms with Crippen molar-refractivity contribution in [3.05, 3.63) is 22.7 Å². The van der Waals surface area contributed by atoms with Gasteiger partial charge in [0.1, 0.15) is 0 Å². The average molecular weight is 255 g/mol. The zero-order valence-corrected chi connectivity index (χ0v) is 10.9. The van der Waals surface area contributed by atoms with Gasteiger partial charge in [-0.3, -0.25) is 4.79 Å². The third-order valence-corrected chi connectivity index (χ3v) is 2.50. The van der Waals surface area contributed by atoms with Crippen molar-refractivity contribution in [1.29, 1.82) is 0 Å². The number of aliphatic hydroxyl groups excluding tert-OH is 2. The van der Waals surface area contributed by atoms with Crippen molar-refractivity contribution in [1.82, 2.24) is 9.55 Å². The van der Waals surface area contributed by atoms with Crippen molar-refractivity contribution in [3.8, 4) is 0 Å². The van der Waals surface area contributed by atoms with Gasteiger partial charge < -0.3 is 19.7 Å². The molecule has 2 N–H and O–H groups in total. The summed E-state index contributed by atoms with van der Waals surface area (Å²) < 4.78 is 1.61. The molecule has 6 heteroatoms. The lowest BCUT2D eigenvalue weighted by Crippen LogP contribution is -2.37. The highest BCUT2D eigenvalue weighted by molar-refractivity contribution is 5.35. The topological polar surface area (TPSA) is 78.6 Å². The van der Waals surface area contributed by atoms with Crippen LogP contribution in [0.2, 0.25) is 0 Å². The first kappa shape index (κ1) is 14.7. The Kier molecular flexibility index (Phi) is 5.80. The molecule has 0 aromatic carbocycles. The smallest absolute Gasteiger partial charge is 0.293 e. The summed E-state index contributed by atoms with van der Waals surface area (Å²) >= 11 is 0. The van der Waals surface area contributed by atoms with Crippen molar-refractivity contribution in [2.45, 2.75) is 20.4 Å². The summed E-state index contributed by atoms with van der Waals surface area (Å²) in [6.07, 6.45) is 3.22. The van der Waals surface area contributed by atoms with E-state index in [1.54, 1.807) is 21.9 Å². The molecule has 0 amide bonds. The van der Waals surface area contributed by atoms with Gasteiger partial charge in [-0.25, -0.2) is 4.98 Å². The van der Waals surface area contributed by atoms with Gasteiger partial charge >= 0.3 is 0 Å². The van der Waals surface area contributed by atoms with Crippen LogP contribution in [-0.4, -0.2) is 46.1 Å². The lowest BCUT2D eigenvalue weighted by Gasteiger charge is -2.21. The first-order chi connectivity index (χ1) is 8.60. The molecule has 0 atom stereocenters. The fourth-order valence-electron chi connectivity index (χ4n) is 1.75. The van der Waals surface area contributed by atoms with Gasteiger partial charge in [-0.1, -0.05) is 13.8 Å². The van der Waals surface area contributed by atoms with E-state index >= 15 is 0 Å². The standard InChI is InChI=1S/C12H21N3O3/c1-10(2)9-15-4-3-13-11(12(15)18)14(5-7-16)6-8-17/h3-4,10,16-17H,5-9H2,1-2H3. The van der Waals surface area contributed by atoms with Gasteiger partial charge in [0.25, 0.3) is 5.56 Å². The van der Waals surface area contributed by atoms with Crippen molar-refractivity contribution < 1.29 is 10.2 Å². The molecule has 0 bridgehead atoms. The van der Waals surface area contributed by atoms with Crippen LogP contribution in [0.25, 0.3) is 0 Å². The van der Waals surface area contributed by atoms with Crippen LogP contribution in [0, 0.1) is 5.92 Å². The Morgan fingerprint density at radius 2 is 1.94 bits per heavy atom. The van der Waals surface area contributed by atoms with Crippen LogP contribution < -0.4 is 10.5 Å². The van der Waals surface area contributed by atoms with E-state index in [-0.39, 0.29) is 37.7 Å². The lowest BCUT2D eigenvalue weighted by atomic mass is 10.2. The molecule has 1 aromatic heterocycles. The molecule has 1 aromatic rings. The van der Waals surface area contributed by atoms with Gasteiger partial charge in [0.05, 0.1) is 13.2 Å². The normalized spacial score (nSPS) is 10.9. The predicted octanol–water partition coefficient (Wildman–Crippen LogP) is -0.310. The summed E-state index contributed by atoms with van der Waals surface area (Å²) in [5.74, 6) is 0.642. The van der Waals surface area contributed by atoms with Gasteiger partial charge in [0, 0.05) is 32.0 Å². The first-order valence-corrected chi connectivity index (χ1v) is 6.12. The molecule has 0 spiro atoms. The minimum absolute atomic E-state index is 0.0831. The Labute approximate surface area is 107 Å². The Morgan fingerprint density at radius 1 is 1.33 bits per heavy atom. The molecule has 0 aliphatic heterocycles. The summed E-state index contributed by atoms with van der Waals surface area (Å²) in [5.41, 5.74) is -0.187. The van der Waals surface area contributed by atoms with E-state index in [9.17, 15) is 4.79 Å². The van der Waals surface area contributed by atoms with Crippen molar-refractivity contribution in [2.24, 2.45) is 5.92 Å². The largest absolute Gasteiger partial charge is 0.395 e. The molecule has 0 aliphatic rings. The third-order valence-electron chi connectivity index (χ3n) is 2.50. The minimum atomic E-state index is -0.187. The molecule has 0 fully saturated rings. The average Bonchev–Trinajstić information content (AvgIpc) is 2.31. The maximum Gasteiger partial charge on any atom is 0.293 e. The van der Waals surface area contributed by atoms with Crippen LogP contribution in [0.4, 0.5) is 5.82 Å². The molecule has 0 saturated heterocycles. The van der Waals surface area contributed by atoms with E-state index in [1.165, 1.54) is 0 Å². The quantitative estimate of drug-likeness (QED) is 0.699. The Balaban J connectivity index is 3.03. The summed E-state index contributed by atoms with van der Waals surface area (Å²) in [5, 5.41) is 17.9. The molecule has 0 saturated carbocycles. The Bertz CT molecular complexity index is 411. The molecule has 0 aliphatic carbocycles. The second-order valence-corrected chi connectivity index (χ2v) is 4.54. The first-order valence-electron chi connectivity index (χ1n) is 6.12. The zero-order chi connectivity index (χ0) is 13.5. The molecule has 0 radical (unpaired) electrons. The van der Waals surface area contributed by atoms with Crippen molar-refractivity contribution in [3.63, 3.8) is 0 Å². The number of rotatable bonds is 7. The van der Waals surface area contributed by atoms with E-state index in [0.29, 0.717) is 12.5 Å². The molecule has 6 nitrogen and oxygen atoms in total. The van der Waals surface area contributed by atoms with Crippen LogP contribution in [0.1, 0.15) is 13.8 Å². The summed E-state index contributed by atoms with van der Waals surface area (Å²) in [6.45, 7) is 5.10. The Morgan fingerprint density at radius 3 is 2.44 bits per heavy atom. The van der Waals surface area contributed by atoms with E-state index < -0.39 is 0 Å². The van der Waals surface area contributed by atoms with Gasteiger partial charge in [0.2, 0.25) is 0 Å². The number of nitrogens with zero attached hydrogens (tertiary/aromatic N) is 3. The van der Waals surface area contributed by atoms with E-state index in [1.807, 2.05) is 13.8 Å². The second-order valence-electron chi connectivity index (χ2n) is 4.54. The van der Waals surface area contributed by atoms with E-state index in [0.717, 1.165) is 0 Å². The predicted molar refractivity (Wildman–Crippen MR) is 69.7 cm³/mol. The third kappa shape index (κ3) is 3.82.